The lowest BCUT2D eigenvalue weighted by atomic mass is 10.2. The Balaban J connectivity index is 1.64. The summed E-state index contributed by atoms with van der Waals surface area (Å²) in [6, 6.07) is 5.94. The van der Waals surface area contributed by atoms with Crippen LogP contribution in [0.15, 0.2) is 18.2 Å². The molecule has 98 valence electrons. The van der Waals surface area contributed by atoms with E-state index < -0.39 is 5.79 Å². The van der Waals surface area contributed by atoms with Crippen molar-refractivity contribution in [2.24, 2.45) is 0 Å². The number of ether oxygens (including phenoxy) is 3. The van der Waals surface area contributed by atoms with E-state index in [2.05, 4.69) is 5.32 Å². The van der Waals surface area contributed by atoms with E-state index in [9.17, 15) is 0 Å². The summed E-state index contributed by atoms with van der Waals surface area (Å²) >= 11 is 0. The van der Waals surface area contributed by atoms with Gasteiger partial charge in [0.05, 0.1) is 6.10 Å². The second-order valence-electron chi connectivity index (χ2n) is 5.28. The maximum absolute atomic E-state index is 5.71. The average molecular weight is 249 g/mol. The fourth-order valence-electron chi connectivity index (χ4n) is 2.37. The number of rotatable bonds is 3. The topological polar surface area (TPSA) is 39.7 Å². The molecule has 1 aromatic rings. The molecule has 2 aliphatic rings. The van der Waals surface area contributed by atoms with Crippen LogP contribution >= 0.6 is 0 Å². The molecule has 0 aliphatic carbocycles. The second-order valence-corrected chi connectivity index (χ2v) is 5.28. The molecule has 1 N–H and O–H groups in total. The van der Waals surface area contributed by atoms with Gasteiger partial charge in [-0.15, -0.1) is 0 Å². The summed E-state index contributed by atoms with van der Waals surface area (Å²) in [7, 11) is 0. The Kier molecular flexibility index (Phi) is 2.82. The van der Waals surface area contributed by atoms with Gasteiger partial charge in [-0.1, -0.05) is 0 Å². The van der Waals surface area contributed by atoms with Crippen molar-refractivity contribution in [1.29, 1.82) is 0 Å². The molecule has 0 spiro atoms. The van der Waals surface area contributed by atoms with Crippen molar-refractivity contribution in [2.75, 3.05) is 18.5 Å². The molecule has 0 bridgehead atoms. The van der Waals surface area contributed by atoms with Crippen LogP contribution in [0.4, 0.5) is 5.69 Å². The highest BCUT2D eigenvalue weighted by Gasteiger charge is 2.31. The van der Waals surface area contributed by atoms with Gasteiger partial charge in [0.15, 0.2) is 11.5 Å². The summed E-state index contributed by atoms with van der Waals surface area (Å²) in [5.41, 5.74) is 1.05. The maximum Gasteiger partial charge on any atom is 0.246 e. The van der Waals surface area contributed by atoms with Crippen LogP contribution < -0.4 is 14.8 Å². The molecule has 3 rings (SSSR count). The first-order valence-corrected chi connectivity index (χ1v) is 6.50. The normalized spacial score (nSPS) is 24.2. The quantitative estimate of drug-likeness (QED) is 0.894. The number of hydrogen-bond acceptors (Lipinski definition) is 4. The van der Waals surface area contributed by atoms with Crippen LogP contribution in [-0.2, 0) is 4.74 Å². The lowest BCUT2D eigenvalue weighted by Crippen LogP contribution is -2.29. The van der Waals surface area contributed by atoms with E-state index >= 15 is 0 Å². The summed E-state index contributed by atoms with van der Waals surface area (Å²) in [5.74, 6) is 1.05. The molecule has 1 saturated heterocycles. The minimum atomic E-state index is -0.560. The summed E-state index contributed by atoms with van der Waals surface area (Å²) in [4.78, 5) is 0. The van der Waals surface area contributed by atoms with E-state index in [0.717, 1.165) is 36.8 Å². The molecule has 1 unspecified atom stereocenters. The van der Waals surface area contributed by atoms with E-state index in [1.165, 1.54) is 6.42 Å². The lowest BCUT2D eigenvalue weighted by molar-refractivity contribution is -0.0431. The number of benzene rings is 1. The molecule has 0 radical (unpaired) electrons. The van der Waals surface area contributed by atoms with Crippen molar-refractivity contribution >= 4 is 5.69 Å². The van der Waals surface area contributed by atoms with Crippen LogP contribution in [-0.4, -0.2) is 25.0 Å². The summed E-state index contributed by atoms with van der Waals surface area (Å²) < 4.78 is 16.9. The van der Waals surface area contributed by atoms with Crippen molar-refractivity contribution in [3.05, 3.63) is 18.2 Å². The van der Waals surface area contributed by atoms with Crippen LogP contribution in [0.2, 0.25) is 0 Å². The van der Waals surface area contributed by atoms with Gasteiger partial charge in [-0.25, -0.2) is 0 Å². The lowest BCUT2D eigenvalue weighted by Gasteiger charge is -2.16. The number of nitrogens with one attached hydrogen (secondary N) is 1. The van der Waals surface area contributed by atoms with Gasteiger partial charge in [0.2, 0.25) is 5.79 Å². The van der Waals surface area contributed by atoms with Crippen molar-refractivity contribution in [1.82, 2.24) is 0 Å². The van der Waals surface area contributed by atoms with Gasteiger partial charge in [0.25, 0.3) is 0 Å². The average Bonchev–Trinajstić information content (AvgIpc) is 2.90. The molecule has 2 heterocycles. The molecule has 1 fully saturated rings. The minimum absolute atomic E-state index is 0.340. The number of anilines is 1. The van der Waals surface area contributed by atoms with Crippen molar-refractivity contribution in [2.45, 2.75) is 38.6 Å². The van der Waals surface area contributed by atoms with Crippen molar-refractivity contribution < 1.29 is 14.2 Å². The first-order chi connectivity index (χ1) is 8.62. The Labute approximate surface area is 107 Å². The predicted octanol–water partition coefficient (Wildman–Crippen LogP) is 2.78. The molecule has 1 aromatic carbocycles. The standard InChI is InChI=1S/C14H19NO3/c1-14(2)17-12-6-5-10(8-13(12)18-14)15-9-11-4-3-7-16-11/h5-6,8,11,15H,3-4,7,9H2,1-2H3. The van der Waals surface area contributed by atoms with E-state index in [4.69, 9.17) is 14.2 Å². The van der Waals surface area contributed by atoms with E-state index in [0.29, 0.717) is 6.10 Å². The highest BCUT2D eigenvalue weighted by Crippen LogP contribution is 2.40. The SMILES string of the molecule is CC1(C)Oc2ccc(NCC3CCCO3)cc2O1. The molecule has 18 heavy (non-hydrogen) atoms. The first kappa shape index (κ1) is 11.7. The minimum Gasteiger partial charge on any atom is -0.449 e. The molecule has 4 nitrogen and oxygen atoms in total. The Bertz CT molecular complexity index is 439. The Morgan fingerprint density at radius 2 is 2.11 bits per heavy atom. The molecule has 0 saturated carbocycles. The zero-order valence-corrected chi connectivity index (χ0v) is 10.9. The van der Waals surface area contributed by atoms with E-state index in [1.807, 2.05) is 32.0 Å². The Hall–Kier alpha value is -1.42. The number of hydrogen-bond donors (Lipinski definition) is 1. The molecule has 1 atom stereocenters. The van der Waals surface area contributed by atoms with Gasteiger partial charge in [0.1, 0.15) is 0 Å². The fourth-order valence-corrected chi connectivity index (χ4v) is 2.37. The van der Waals surface area contributed by atoms with E-state index in [1.54, 1.807) is 0 Å². The monoisotopic (exact) mass is 249 g/mol. The van der Waals surface area contributed by atoms with Crippen LogP contribution in [0.3, 0.4) is 0 Å². The molecular formula is C14H19NO3. The number of fused-ring (bicyclic) bond motifs is 1. The van der Waals surface area contributed by atoms with Gasteiger partial charge in [-0.2, -0.15) is 0 Å². The van der Waals surface area contributed by atoms with Crippen LogP contribution in [0.25, 0.3) is 0 Å². The van der Waals surface area contributed by atoms with Gasteiger partial charge in [0, 0.05) is 38.8 Å². The third kappa shape index (κ3) is 2.38. The highest BCUT2D eigenvalue weighted by atomic mass is 16.7. The van der Waals surface area contributed by atoms with Crippen LogP contribution in [0.1, 0.15) is 26.7 Å². The van der Waals surface area contributed by atoms with Crippen molar-refractivity contribution in [3.8, 4) is 11.5 Å². The maximum atomic E-state index is 5.71. The van der Waals surface area contributed by atoms with Gasteiger partial charge in [-0.05, 0) is 25.0 Å². The highest BCUT2D eigenvalue weighted by molar-refractivity contribution is 5.56. The molecule has 0 amide bonds. The predicted molar refractivity (Wildman–Crippen MR) is 69.2 cm³/mol. The van der Waals surface area contributed by atoms with E-state index in [-0.39, 0.29) is 0 Å². The van der Waals surface area contributed by atoms with Gasteiger partial charge < -0.3 is 19.5 Å². The summed E-state index contributed by atoms with van der Waals surface area (Å²) in [6.07, 6.45) is 2.65. The Morgan fingerprint density at radius 1 is 1.28 bits per heavy atom. The van der Waals surface area contributed by atoms with Crippen molar-refractivity contribution in [3.63, 3.8) is 0 Å². The summed E-state index contributed by atoms with van der Waals surface area (Å²) in [6.45, 7) is 5.56. The third-order valence-corrected chi connectivity index (χ3v) is 3.21. The molecule has 4 heteroatoms. The molecular weight excluding hydrogens is 230 g/mol. The fraction of sp³-hybridized carbons (Fsp3) is 0.571. The zero-order chi connectivity index (χ0) is 12.6. The van der Waals surface area contributed by atoms with Gasteiger partial charge in [-0.3, -0.25) is 0 Å². The first-order valence-electron chi connectivity index (χ1n) is 6.50. The second kappa shape index (κ2) is 4.35. The molecule has 0 aromatic heterocycles. The van der Waals surface area contributed by atoms with Crippen LogP contribution in [0, 0.1) is 0 Å². The third-order valence-electron chi connectivity index (χ3n) is 3.21. The Morgan fingerprint density at radius 3 is 2.89 bits per heavy atom. The zero-order valence-electron chi connectivity index (χ0n) is 10.9. The smallest absolute Gasteiger partial charge is 0.246 e. The summed E-state index contributed by atoms with van der Waals surface area (Å²) in [5, 5.41) is 3.38. The largest absolute Gasteiger partial charge is 0.449 e. The van der Waals surface area contributed by atoms with Gasteiger partial charge >= 0.3 is 0 Å². The molecule has 2 aliphatic heterocycles. The van der Waals surface area contributed by atoms with Crippen LogP contribution in [0.5, 0.6) is 11.5 Å².